The number of hydrogen-bond acceptors (Lipinski definition) is 3. The standard InChI is InChI=1S/C26H37N3OS/c1-4-20-28(2)21-10-5-6-11-22-30-25-16-14-24(15-17-25)29(3)26(31)27-19-18-23-12-8-7-9-13-23/h4,7-9,12-17H,1,5-6,10-11,18-22H2,2-3H3,(H,27,31). The number of unbranched alkanes of at least 4 members (excludes halogenated alkanes) is 3. The van der Waals surface area contributed by atoms with Crippen LogP contribution in [0.5, 0.6) is 5.75 Å². The molecule has 4 nitrogen and oxygen atoms in total. The average Bonchev–Trinajstić information content (AvgIpc) is 2.79. The van der Waals surface area contributed by atoms with Gasteiger partial charge in [0.1, 0.15) is 5.75 Å². The molecule has 5 heteroatoms. The molecule has 0 aliphatic carbocycles. The fourth-order valence-electron chi connectivity index (χ4n) is 3.30. The van der Waals surface area contributed by atoms with Crippen LogP contribution in [0.3, 0.4) is 0 Å². The molecular weight excluding hydrogens is 402 g/mol. The second kappa shape index (κ2) is 14.6. The molecule has 1 N–H and O–H groups in total. The van der Waals surface area contributed by atoms with Crippen LogP contribution in [0.1, 0.15) is 31.2 Å². The van der Waals surface area contributed by atoms with Gasteiger partial charge in [-0.2, -0.15) is 0 Å². The Morgan fingerprint density at radius 3 is 2.42 bits per heavy atom. The Labute approximate surface area is 193 Å². The molecular formula is C26H37N3OS. The number of rotatable bonds is 14. The van der Waals surface area contributed by atoms with Gasteiger partial charge < -0.3 is 19.9 Å². The summed E-state index contributed by atoms with van der Waals surface area (Å²) in [7, 11) is 4.12. The molecule has 2 aromatic carbocycles. The molecule has 0 aromatic heterocycles. The summed E-state index contributed by atoms with van der Waals surface area (Å²) in [5.74, 6) is 0.908. The Bertz CT molecular complexity index is 764. The van der Waals surface area contributed by atoms with E-state index in [0.717, 1.165) is 55.6 Å². The van der Waals surface area contributed by atoms with Crippen molar-refractivity contribution in [3.05, 3.63) is 72.8 Å². The van der Waals surface area contributed by atoms with E-state index in [2.05, 4.69) is 60.2 Å². The topological polar surface area (TPSA) is 27.7 Å². The van der Waals surface area contributed by atoms with Crippen molar-refractivity contribution in [1.29, 1.82) is 0 Å². The molecule has 2 aromatic rings. The molecule has 0 saturated heterocycles. The third-order valence-electron chi connectivity index (χ3n) is 5.21. The second-order valence-electron chi connectivity index (χ2n) is 7.83. The minimum Gasteiger partial charge on any atom is -0.494 e. The highest BCUT2D eigenvalue weighted by atomic mass is 32.1. The molecule has 0 heterocycles. The number of nitrogens with one attached hydrogen (secondary N) is 1. The number of hydrogen-bond donors (Lipinski definition) is 1. The number of likely N-dealkylation sites (N-methyl/N-ethyl adjacent to an activating group) is 1. The van der Waals surface area contributed by atoms with Gasteiger partial charge in [0.05, 0.1) is 6.61 Å². The van der Waals surface area contributed by atoms with Crippen molar-refractivity contribution in [3.63, 3.8) is 0 Å². The summed E-state index contributed by atoms with van der Waals surface area (Å²) in [6, 6.07) is 18.6. The smallest absolute Gasteiger partial charge is 0.173 e. The summed E-state index contributed by atoms with van der Waals surface area (Å²) in [5, 5.41) is 4.06. The Morgan fingerprint density at radius 2 is 1.71 bits per heavy atom. The summed E-state index contributed by atoms with van der Waals surface area (Å²) in [4.78, 5) is 4.29. The Kier molecular flexibility index (Phi) is 11.7. The molecule has 168 valence electrons. The predicted molar refractivity (Wildman–Crippen MR) is 137 cm³/mol. The number of nitrogens with zero attached hydrogens (tertiary/aromatic N) is 2. The third-order valence-corrected chi connectivity index (χ3v) is 5.62. The van der Waals surface area contributed by atoms with Gasteiger partial charge in [0.2, 0.25) is 0 Å². The van der Waals surface area contributed by atoms with Crippen LogP contribution in [0.4, 0.5) is 5.69 Å². The number of thiocarbonyl (C=S) groups is 1. The predicted octanol–water partition coefficient (Wildman–Crippen LogP) is 5.30. The lowest BCUT2D eigenvalue weighted by molar-refractivity contribution is 0.300. The van der Waals surface area contributed by atoms with E-state index < -0.39 is 0 Å². The Balaban J connectivity index is 1.61. The van der Waals surface area contributed by atoms with Crippen molar-refractivity contribution in [2.75, 3.05) is 45.2 Å². The summed E-state index contributed by atoms with van der Waals surface area (Å²) in [6.45, 7) is 7.44. The average molecular weight is 440 g/mol. The third kappa shape index (κ3) is 9.99. The van der Waals surface area contributed by atoms with Crippen molar-refractivity contribution >= 4 is 23.0 Å². The Morgan fingerprint density at radius 1 is 1.00 bits per heavy atom. The van der Waals surface area contributed by atoms with E-state index in [1.165, 1.54) is 24.8 Å². The molecule has 0 spiro atoms. The molecule has 0 unspecified atom stereocenters. The number of ether oxygens (including phenoxy) is 1. The van der Waals surface area contributed by atoms with Crippen LogP contribution in [0.15, 0.2) is 67.3 Å². The van der Waals surface area contributed by atoms with Crippen LogP contribution in [0, 0.1) is 0 Å². The lowest BCUT2D eigenvalue weighted by atomic mass is 10.1. The minimum atomic E-state index is 0.725. The summed E-state index contributed by atoms with van der Waals surface area (Å²) in [5.41, 5.74) is 2.36. The van der Waals surface area contributed by atoms with Crippen molar-refractivity contribution < 1.29 is 4.74 Å². The van der Waals surface area contributed by atoms with E-state index in [-0.39, 0.29) is 0 Å². The molecule has 0 amide bonds. The maximum absolute atomic E-state index is 5.89. The van der Waals surface area contributed by atoms with Gasteiger partial charge in [0, 0.05) is 25.8 Å². The van der Waals surface area contributed by atoms with Crippen LogP contribution >= 0.6 is 12.2 Å². The van der Waals surface area contributed by atoms with Gasteiger partial charge in [-0.05, 0) is 74.9 Å². The molecule has 0 aliphatic heterocycles. The largest absolute Gasteiger partial charge is 0.494 e. The first-order valence-corrected chi connectivity index (χ1v) is 11.6. The van der Waals surface area contributed by atoms with Crippen molar-refractivity contribution in [2.45, 2.75) is 32.1 Å². The summed E-state index contributed by atoms with van der Waals surface area (Å²) < 4.78 is 5.89. The molecule has 0 bridgehead atoms. The first-order valence-electron chi connectivity index (χ1n) is 11.2. The monoisotopic (exact) mass is 439 g/mol. The highest BCUT2D eigenvalue weighted by Crippen LogP contribution is 2.19. The van der Waals surface area contributed by atoms with E-state index in [1.807, 2.05) is 36.2 Å². The van der Waals surface area contributed by atoms with Gasteiger partial charge in [-0.3, -0.25) is 0 Å². The van der Waals surface area contributed by atoms with Gasteiger partial charge in [-0.25, -0.2) is 0 Å². The van der Waals surface area contributed by atoms with E-state index in [1.54, 1.807) is 0 Å². The lowest BCUT2D eigenvalue weighted by Gasteiger charge is -2.21. The van der Waals surface area contributed by atoms with Crippen LogP contribution in [-0.2, 0) is 6.42 Å². The molecule has 0 saturated carbocycles. The second-order valence-corrected chi connectivity index (χ2v) is 8.22. The fraction of sp³-hybridized carbons (Fsp3) is 0.423. The summed E-state index contributed by atoms with van der Waals surface area (Å²) in [6.07, 6.45) is 7.65. The van der Waals surface area contributed by atoms with E-state index in [4.69, 9.17) is 17.0 Å². The van der Waals surface area contributed by atoms with Gasteiger partial charge in [0.15, 0.2) is 5.11 Å². The molecule has 0 fully saturated rings. The number of benzene rings is 2. The zero-order valence-electron chi connectivity index (χ0n) is 19.1. The van der Waals surface area contributed by atoms with Crippen molar-refractivity contribution in [1.82, 2.24) is 10.2 Å². The van der Waals surface area contributed by atoms with Crippen LogP contribution in [0.25, 0.3) is 0 Å². The molecule has 0 atom stereocenters. The first-order chi connectivity index (χ1) is 15.1. The normalized spacial score (nSPS) is 10.7. The quantitative estimate of drug-likeness (QED) is 0.245. The fourth-order valence-corrected chi connectivity index (χ4v) is 3.51. The molecule has 0 aliphatic rings. The SMILES string of the molecule is C=CCN(C)CCCCCCOc1ccc(N(C)C(=S)NCCc2ccccc2)cc1. The molecule has 0 radical (unpaired) electrons. The Hall–Kier alpha value is -2.37. The minimum absolute atomic E-state index is 0.725. The van der Waals surface area contributed by atoms with E-state index in [0.29, 0.717) is 0 Å². The van der Waals surface area contributed by atoms with Crippen LogP contribution in [0.2, 0.25) is 0 Å². The highest BCUT2D eigenvalue weighted by molar-refractivity contribution is 7.80. The van der Waals surface area contributed by atoms with Gasteiger partial charge in [-0.1, -0.05) is 49.2 Å². The van der Waals surface area contributed by atoms with Gasteiger partial charge in [-0.15, -0.1) is 6.58 Å². The molecule has 2 rings (SSSR count). The highest BCUT2D eigenvalue weighted by Gasteiger charge is 2.07. The van der Waals surface area contributed by atoms with Crippen LogP contribution in [-0.4, -0.2) is 50.3 Å². The van der Waals surface area contributed by atoms with Crippen LogP contribution < -0.4 is 15.0 Å². The zero-order valence-corrected chi connectivity index (χ0v) is 19.9. The van der Waals surface area contributed by atoms with Crippen molar-refractivity contribution in [3.8, 4) is 5.75 Å². The lowest BCUT2D eigenvalue weighted by Crippen LogP contribution is -2.38. The number of anilines is 1. The maximum Gasteiger partial charge on any atom is 0.173 e. The summed E-state index contributed by atoms with van der Waals surface area (Å²) >= 11 is 5.53. The maximum atomic E-state index is 5.89. The zero-order chi connectivity index (χ0) is 22.3. The molecule has 31 heavy (non-hydrogen) atoms. The van der Waals surface area contributed by atoms with Crippen molar-refractivity contribution in [2.24, 2.45) is 0 Å². The van der Waals surface area contributed by atoms with E-state index >= 15 is 0 Å². The van der Waals surface area contributed by atoms with E-state index in [9.17, 15) is 0 Å². The van der Waals surface area contributed by atoms with Gasteiger partial charge in [0.25, 0.3) is 0 Å². The van der Waals surface area contributed by atoms with Gasteiger partial charge >= 0.3 is 0 Å². The first kappa shape index (κ1) is 24.9.